The molecular weight excluding hydrogens is 1060 g/mol. The Bertz CT molecular complexity index is 3630. The molecule has 8 aromatic heterocycles. The van der Waals surface area contributed by atoms with Crippen LogP contribution in [0.5, 0.6) is 0 Å². The molecule has 0 unspecified atom stereocenters. The fourth-order valence-electron chi connectivity index (χ4n) is 10.7. The average molecular weight is 1120 g/mol. The Balaban J connectivity index is 0.000000175. The Labute approximate surface area is 483 Å². The third kappa shape index (κ3) is 10.6. The lowest BCUT2D eigenvalue weighted by atomic mass is 9.95. The van der Waals surface area contributed by atoms with E-state index in [9.17, 15) is 19.2 Å². The largest absolute Gasteiger partial charge is 0.462 e. The number of rotatable bonds is 18. The minimum absolute atomic E-state index is 0.188. The van der Waals surface area contributed by atoms with Crippen LogP contribution in [0.4, 0.5) is 0 Å². The van der Waals surface area contributed by atoms with Crippen molar-refractivity contribution in [2.75, 3.05) is 26.4 Å². The normalized spacial score (nSPS) is 11.0. The van der Waals surface area contributed by atoms with E-state index >= 15 is 0 Å². The summed E-state index contributed by atoms with van der Waals surface area (Å²) in [5.41, 5.74) is 14.8. The second kappa shape index (κ2) is 24.8. The van der Waals surface area contributed by atoms with E-state index in [-0.39, 0.29) is 26.4 Å². The summed E-state index contributed by atoms with van der Waals surface area (Å²) in [6, 6.07) is 53.9. The quantitative estimate of drug-likeness (QED) is 0.0303. The smallest absolute Gasteiger partial charge is 0.341 e. The molecule has 84 heavy (non-hydrogen) atoms. The minimum Gasteiger partial charge on any atom is -0.462 e. The zero-order valence-electron chi connectivity index (χ0n) is 46.6. The van der Waals surface area contributed by atoms with Crippen LogP contribution >= 0.6 is 0 Å². The van der Waals surface area contributed by atoms with E-state index in [0.717, 1.165) is 45.0 Å². The summed E-state index contributed by atoms with van der Waals surface area (Å²) < 4.78 is 22.5. The van der Waals surface area contributed by atoms with Crippen molar-refractivity contribution in [3.63, 3.8) is 0 Å². The number of H-pyrrole nitrogens is 8. The number of esters is 4. The standard InChI is InChI=1S/2C34H30N4O4/c2*1-3-41-33(39)27-25(21-13-7-5-8-14-21)29(23-17-11-19-35-23)37-31(27)32-28(34(40)42-4-2)26(22-15-9-6-10-16-22)30(38-32)24-18-12-20-36-24/h2*5-20,35-38H,3-4H2,1-2H3. The number of nitrogens with one attached hydrogen (secondary N) is 8. The molecule has 16 heteroatoms. The molecule has 12 aromatic rings. The maximum Gasteiger partial charge on any atom is 0.341 e. The Hall–Kier alpha value is -11.0. The van der Waals surface area contributed by atoms with E-state index < -0.39 is 23.9 Å². The molecule has 0 aliphatic carbocycles. The second-order valence-corrected chi connectivity index (χ2v) is 19.2. The molecule has 12 rings (SSSR count). The number of ether oxygens (including phenoxy) is 4. The molecule has 0 saturated carbocycles. The first-order valence-corrected chi connectivity index (χ1v) is 27.7. The molecule has 0 atom stereocenters. The monoisotopic (exact) mass is 1120 g/mol. The Morgan fingerprint density at radius 2 is 0.476 bits per heavy atom. The fourth-order valence-corrected chi connectivity index (χ4v) is 10.7. The van der Waals surface area contributed by atoms with Gasteiger partial charge in [-0.2, -0.15) is 0 Å². The van der Waals surface area contributed by atoms with Crippen molar-refractivity contribution < 1.29 is 38.1 Å². The van der Waals surface area contributed by atoms with Gasteiger partial charge in [0.25, 0.3) is 0 Å². The van der Waals surface area contributed by atoms with Crippen LogP contribution in [-0.2, 0) is 18.9 Å². The molecule has 8 heterocycles. The highest BCUT2D eigenvalue weighted by atomic mass is 16.5. The lowest BCUT2D eigenvalue weighted by Crippen LogP contribution is -2.10. The maximum atomic E-state index is 13.8. The molecule has 0 radical (unpaired) electrons. The van der Waals surface area contributed by atoms with Crippen LogP contribution in [-0.4, -0.2) is 90.2 Å². The fraction of sp³-hybridized carbons (Fsp3) is 0.118. The van der Waals surface area contributed by atoms with Crippen molar-refractivity contribution in [3.8, 4) is 113 Å². The van der Waals surface area contributed by atoms with Gasteiger partial charge in [0.2, 0.25) is 0 Å². The predicted octanol–water partition coefficient (Wildman–Crippen LogP) is 15.4. The van der Waals surface area contributed by atoms with Crippen LogP contribution in [0.2, 0.25) is 0 Å². The van der Waals surface area contributed by atoms with Crippen molar-refractivity contribution >= 4 is 23.9 Å². The predicted molar refractivity (Wildman–Crippen MR) is 326 cm³/mol. The molecule has 0 spiro atoms. The lowest BCUT2D eigenvalue weighted by molar-refractivity contribution is 0.0516. The molecular formula is C68H60N8O8. The van der Waals surface area contributed by atoms with Gasteiger partial charge in [0.15, 0.2) is 0 Å². The summed E-state index contributed by atoms with van der Waals surface area (Å²) in [5.74, 6) is -2.03. The summed E-state index contributed by atoms with van der Waals surface area (Å²) in [5, 5.41) is 0. The molecule has 0 bridgehead atoms. The first kappa shape index (κ1) is 54.9. The summed E-state index contributed by atoms with van der Waals surface area (Å²) in [7, 11) is 0. The third-order valence-electron chi connectivity index (χ3n) is 14.1. The molecule has 16 nitrogen and oxygen atoms in total. The van der Waals surface area contributed by atoms with Gasteiger partial charge in [0.1, 0.15) is 0 Å². The second-order valence-electron chi connectivity index (χ2n) is 19.2. The molecule has 0 fully saturated rings. The van der Waals surface area contributed by atoms with Gasteiger partial charge in [-0.15, -0.1) is 0 Å². The lowest BCUT2D eigenvalue weighted by Gasteiger charge is -2.10. The highest BCUT2D eigenvalue weighted by Gasteiger charge is 2.36. The molecule has 0 aliphatic heterocycles. The minimum atomic E-state index is -0.507. The van der Waals surface area contributed by atoms with Crippen LogP contribution in [0.1, 0.15) is 69.1 Å². The van der Waals surface area contributed by atoms with E-state index in [1.54, 1.807) is 27.7 Å². The van der Waals surface area contributed by atoms with Crippen LogP contribution < -0.4 is 0 Å². The molecule has 0 saturated heterocycles. The summed E-state index contributed by atoms with van der Waals surface area (Å²) >= 11 is 0. The van der Waals surface area contributed by atoms with E-state index in [2.05, 4.69) is 39.9 Å². The number of hydrogen-bond donors (Lipinski definition) is 8. The molecule has 0 amide bonds. The molecule has 8 N–H and O–H groups in total. The van der Waals surface area contributed by atoms with Crippen LogP contribution in [0.3, 0.4) is 0 Å². The molecule has 4 aromatic carbocycles. The summed E-state index contributed by atoms with van der Waals surface area (Å²) in [6.07, 6.45) is 7.29. The van der Waals surface area contributed by atoms with Crippen LogP contribution in [0.25, 0.3) is 113 Å². The van der Waals surface area contributed by atoms with Crippen LogP contribution in [0, 0.1) is 0 Å². The number of carbonyl (C=O) groups excluding carboxylic acids is 4. The van der Waals surface area contributed by atoms with Crippen molar-refractivity contribution in [1.29, 1.82) is 0 Å². The Morgan fingerprint density at radius 1 is 0.274 bits per heavy atom. The molecule has 0 aliphatic rings. The summed E-state index contributed by atoms with van der Waals surface area (Å²) in [6.45, 7) is 7.84. The third-order valence-corrected chi connectivity index (χ3v) is 14.1. The van der Waals surface area contributed by atoms with Gasteiger partial charge in [-0.3, -0.25) is 0 Å². The Kier molecular flexibility index (Phi) is 16.2. The van der Waals surface area contributed by atoms with Crippen molar-refractivity contribution in [3.05, 3.63) is 217 Å². The zero-order valence-corrected chi connectivity index (χ0v) is 46.6. The highest BCUT2D eigenvalue weighted by Crippen LogP contribution is 2.48. The van der Waals surface area contributed by atoms with E-state index in [0.29, 0.717) is 90.1 Å². The molecule has 420 valence electrons. The van der Waals surface area contributed by atoms with Gasteiger partial charge in [0.05, 0.1) is 117 Å². The summed E-state index contributed by atoms with van der Waals surface area (Å²) in [4.78, 5) is 82.3. The average Bonchev–Trinajstić information content (AvgIpc) is 1.93. The van der Waals surface area contributed by atoms with Crippen molar-refractivity contribution in [1.82, 2.24) is 39.9 Å². The number of carbonyl (C=O) groups is 4. The van der Waals surface area contributed by atoms with Crippen molar-refractivity contribution in [2.45, 2.75) is 27.7 Å². The number of aromatic amines is 8. The zero-order chi connectivity index (χ0) is 58.1. The van der Waals surface area contributed by atoms with Gasteiger partial charge in [-0.1, -0.05) is 121 Å². The number of benzene rings is 4. The van der Waals surface area contributed by atoms with E-state index in [4.69, 9.17) is 18.9 Å². The van der Waals surface area contributed by atoms with E-state index in [1.165, 1.54) is 0 Å². The van der Waals surface area contributed by atoms with Gasteiger partial charge in [-0.25, -0.2) is 19.2 Å². The number of aromatic nitrogens is 8. The highest BCUT2D eigenvalue weighted by molar-refractivity contribution is 6.15. The van der Waals surface area contributed by atoms with Gasteiger partial charge >= 0.3 is 23.9 Å². The first-order valence-electron chi connectivity index (χ1n) is 27.7. The van der Waals surface area contributed by atoms with Gasteiger partial charge in [-0.05, 0) is 98.5 Å². The first-order chi connectivity index (χ1) is 41.2. The van der Waals surface area contributed by atoms with Crippen molar-refractivity contribution in [2.24, 2.45) is 0 Å². The number of hydrogen-bond acceptors (Lipinski definition) is 8. The Morgan fingerprint density at radius 3 is 0.643 bits per heavy atom. The van der Waals surface area contributed by atoms with Gasteiger partial charge in [0, 0.05) is 47.0 Å². The van der Waals surface area contributed by atoms with Gasteiger partial charge < -0.3 is 58.8 Å². The van der Waals surface area contributed by atoms with Crippen LogP contribution in [0.15, 0.2) is 195 Å². The SMILES string of the molecule is CCOC(=O)c1c(-c2[nH]c(-c3ccc[nH]3)c(-c3ccccc3)c2C(=O)OCC)[nH]c(-c2ccc[nH]2)c1-c1ccccc1.CCOC(=O)c1c(-c2[nH]c(-c3ccc[nH]3)c(-c3ccccc3)c2C(=O)OCC)[nH]c(-c2ccc[nH]2)c1-c1ccccc1. The van der Waals surface area contributed by atoms with E-state index in [1.807, 2.05) is 195 Å². The topological polar surface area (TPSA) is 232 Å². The maximum absolute atomic E-state index is 13.8.